The molecule has 42 heavy (non-hydrogen) atoms. The lowest BCUT2D eigenvalue weighted by molar-refractivity contribution is 0.0979. The van der Waals surface area contributed by atoms with Crippen LogP contribution < -0.4 is 0 Å². The lowest BCUT2D eigenvalue weighted by atomic mass is 9.84. The van der Waals surface area contributed by atoms with Gasteiger partial charge in [0.2, 0.25) is 0 Å². The fourth-order valence-electron chi connectivity index (χ4n) is 6.81. The highest BCUT2D eigenvalue weighted by Gasteiger charge is 2.30. The number of para-hydroxylation sites is 3. The predicted octanol–water partition coefficient (Wildman–Crippen LogP) is 8.66. The Hall–Kier alpha value is -5.74. The van der Waals surface area contributed by atoms with Crippen molar-refractivity contribution in [3.05, 3.63) is 156 Å². The highest BCUT2D eigenvalue weighted by Crippen LogP contribution is 2.38. The minimum absolute atomic E-state index is 0.107. The third-order valence-corrected chi connectivity index (χ3v) is 8.66. The smallest absolute Gasteiger partial charge is 0.194 e. The summed E-state index contributed by atoms with van der Waals surface area (Å²) in [6.45, 7) is 0. The SMILES string of the molecule is O=C1c2ccccc2C(=O)c2cc(-n3c4ccccc4c4cc(-n5c6ccccc6c6ccccc65)ccc43)ccc21. The second-order valence-electron chi connectivity index (χ2n) is 10.9. The second kappa shape index (κ2) is 8.38. The summed E-state index contributed by atoms with van der Waals surface area (Å²) in [4.78, 5) is 26.8. The van der Waals surface area contributed by atoms with Crippen LogP contribution in [0.15, 0.2) is 133 Å². The Bertz CT molecular complexity index is 2400. The minimum atomic E-state index is -0.114. The van der Waals surface area contributed by atoms with E-state index in [2.05, 4.69) is 94.1 Å². The molecule has 1 aliphatic carbocycles. The Balaban J connectivity index is 1.29. The Kier molecular flexibility index (Phi) is 4.59. The van der Waals surface area contributed by atoms with Crippen LogP contribution in [-0.2, 0) is 0 Å². The predicted molar refractivity (Wildman–Crippen MR) is 168 cm³/mol. The zero-order valence-electron chi connectivity index (χ0n) is 22.4. The first-order chi connectivity index (χ1) is 20.7. The van der Waals surface area contributed by atoms with Gasteiger partial charge < -0.3 is 9.13 Å². The first-order valence-corrected chi connectivity index (χ1v) is 14.0. The van der Waals surface area contributed by atoms with Gasteiger partial charge >= 0.3 is 0 Å². The van der Waals surface area contributed by atoms with Gasteiger partial charge in [0.1, 0.15) is 0 Å². The monoisotopic (exact) mass is 538 g/mol. The molecule has 1 aliphatic rings. The number of benzene rings is 6. The number of carbonyl (C=O) groups excluding carboxylic acids is 2. The molecule has 0 atom stereocenters. The van der Waals surface area contributed by atoms with E-state index in [0.29, 0.717) is 22.3 Å². The quantitative estimate of drug-likeness (QED) is 0.221. The molecule has 0 unspecified atom stereocenters. The van der Waals surface area contributed by atoms with Crippen LogP contribution in [0.4, 0.5) is 0 Å². The molecule has 0 saturated heterocycles. The van der Waals surface area contributed by atoms with Crippen LogP contribution in [0.25, 0.3) is 55.0 Å². The van der Waals surface area contributed by atoms with Crippen molar-refractivity contribution in [1.82, 2.24) is 9.13 Å². The fraction of sp³-hybridized carbons (Fsp3) is 0. The summed E-state index contributed by atoms with van der Waals surface area (Å²) in [6, 6.07) is 44.7. The number of ketones is 2. The molecule has 0 spiro atoms. The average molecular weight is 539 g/mol. The standard InChI is InChI=1S/C38H22N2O2/c41-37-28-12-1-2-13-29(28)38(42)32-22-23(17-19-30(32)37)40-35-16-8-5-11-27(35)31-21-24(18-20-36(31)40)39-33-14-6-3-9-25(33)26-10-4-7-15-34(26)39/h1-22H. The minimum Gasteiger partial charge on any atom is -0.309 e. The van der Waals surface area contributed by atoms with E-state index in [-0.39, 0.29) is 11.6 Å². The average Bonchev–Trinajstić information content (AvgIpc) is 3.56. The first-order valence-electron chi connectivity index (χ1n) is 14.0. The van der Waals surface area contributed by atoms with E-state index < -0.39 is 0 Å². The van der Waals surface area contributed by atoms with Crippen LogP contribution in [0.2, 0.25) is 0 Å². The van der Waals surface area contributed by atoms with E-state index in [1.165, 1.54) is 21.8 Å². The Labute approximate surface area is 240 Å². The second-order valence-corrected chi connectivity index (χ2v) is 10.9. The van der Waals surface area contributed by atoms with Gasteiger partial charge in [-0.2, -0.15) is 0 Å². The van der Waals surface area contributed by atoms with Gasteiger partial charge in [-0.15, -0.1) is 0 Å². The van der Waals surface area contributed by atoms with Crippen molar-refractivity contribution in [2.24, 2.45) is 0 Å². The molecule has 0 radical (unpaired) electrons. The Morgan fingerprint density at radius 3 is 1.33 bits per heavy atom. The number of hydrogen-bond acceptors (Lipinski definition) is 2. The van der Waals surface area contributed by atoms with Crippen LogP contribution in [-0.4, -0.2) is 20.7 Å². The van der Waals surface area contributed by atoms with Gasteiger partial charge in [0, 0.05) is 55.2 Å². The van der Waals surface area contributed by atoms with E-state index >= 15 is 0 Å². The molecule has 0 aliphatic heterocycles. The molecule has 2 heterocycles. The molecule has 0 amide bonds. The van der Waals surface area contributed by atoms with Crippen molar-refractivity contribution in [1.29, 1.82) is 0 Å². The van der Waals surface area contributed by atoms with Crippen LogP contribution >= 0.6 is 0 Å². The van der Waals surface area contributed by atoms with E-state index in [1.807, 2.05) is 18.2 Å². The molecule has 6 aromatic carbocycles. The number of carbonyl (C=O) groups is 2. The summed E-state index contributed by atoms with van der Waals surface area (Å²) in [5, 5.41) is 4.70. The molecule has 4 nitrogen and oxygen atoms in total. The van der Waals surface area contributed by atoms with Crippen LogP contribution in [0.1, 0.15) is 31.8 Å². The molecule has 4 heteroatoms. The van der Waals surface area contributed by atoms with Gasteiger partial charge in [-0.1, -0.05) is 78.9 Å². The maximum atomic E-state index is 13.5. The summed E-state index contributed by atoms with van der Waals surface area (Å²) in [6.07, 6.45) is 0. The molecule has 196 valence electrons. The highest BCUT2D eigenvalue weighted by molar-refractivity contribution is 6.28. The molecular weight excluding hydrogens is 516 g/mol. The molecule has 0 saturated carbocycles. The number of rotatable bonds is 2. The van der Waals surface area contributed by atoms with E-state index in [9.17, 15) is 9.59 Å². The van der Waals surface area contributed by atoms with E-state index in [4.69, 9.17) is 0 Å². The van der Waals surface area contributed by atoms with Crippen LogP contribution in [0.3, 0.4) is 0 Å². The lowest BCUT2D eigenvalue weighted by Crippen LogP contribution is -2.21. The van der Waals surface area contributed by atoms with Gasteiger partial charge in [-0.3, -0.25) is 9.59 Å². The van der Waals surface area contributed by atoms with Crippen molar-refractivity contribution in [2.75, 3.05) is 0 Å². The third kappa shape index (κ3) is 3.01. The number of hydrogen-bond donors (Lipinski definition) is 0. The van der Waals surface area contributed by atoms with Crippen molar-refractivity contribution < 1.29 is 9.59 Å². The molecular formula is C38H22N2O2. The van der Waals surface area contributed by atoms with Gasteiger partial charge in [0.15, 0.2) is 11.6 Å². The molecule has 9 rings (SSSR count). The summed E-state index contributed by atoms with van der Waals surface area (Å²) >= 11 is 0. The van der Waals surface area contributed by atoms with Crippen LogP contribution in [0, 0.1) is 0 Å². The van der Waals surface area contributed by atoms with Gasteiger partial charge in [-0.25, -0.2) is 0 Å². The van der Waals surface area contributed by atoms with Crippen molar-refractivity contribution in [2.45, 2.75) is 0 Å². The van der Waals surface area contributed by atoms with Gasteiger partial charge in [-0.05, 0) is 54.6 Å². The molecule has 0 bridgehead atoms. The van der Waals surface area contributed by atoms with Crippen molar-refractivity contribution >= 4 is 55.2 Å². The first kappa shape index (κ1) is 23.0. The summed E-state index contributed by atoms with van der Waals surface area (Å²) in [5.74, 6) is -0.221. The Morgan fingerprint density at radius 2 is 0.738 bits per heavy atom. The fourth-order valence-corrected chi connectivity index (χ4v) is 6.81. The number of nitrogens with zero attached hydrogens (tertiary/aromatic N) is 2. The molecule has 2 aromatic heterocycles. The lowest BCUT2D eigenvalue weighted by Gasteiger charge is -2.19. The maximum absolute atomic E-state index is 13.5. The number of fused-ring (bicyclic) bond motifs is 8. The Morgan fingerprint density at radius 1 is 0.333 bits per heavy atom. The molecule has 0 N–H and O–H groups in total. The third-order valence-electron chi connectivity index (χ3n) is 8.66. The summed E-state index contributed by atoms with van der Waals surface area (Å²) in [7, 11) is 0. The van der Waals surface area contributed by atoms with Gasteiger partial charge in [0.25, 0.3) is 0 Å². The summed E-state index contributed by atoms with van der Waals surface area (Å²) in [5.41, 5.74) is 8.19. The van der Waals surface area contributed by atoms with E-state index in [0.717, 1.165) is 33.2 Å². The highest BCUT2D eigenvalue weighted by atomic mass is 16.1. The van der Waals surface area contributed by atoms with Crippen molar-refractivity contribution in [3.63, 3.8) is 0 Å². The van der Waals surface area contributed by atoms with E-state index in [1.54, 1.807) is 30.3 Å². The zero-order valence-corrected chi connectivity index (χ0v) is 22.4. The van der Waals surface area contributed by atoms with Gasteiger partial charge in [0.05, 0.1) is 22.1 Å². The zero-order chi connectivity index (χ0) is 27.9. The normalized spacial score (nSPS) is 12.9. The molecule has 8 aromatic rings. The number of aromatic nitrogens is 2. The van der Waals surface area contributed by atoms with Crippen LogP contribution in [0.5, 0.6) is 0 Å². The summed E-state index contributed by atoms with van der Waals surface area (Å²) < 4.78 is 4.52. The largest absolute Gasteiger partial charge is 0.309 e. The topological polar surface area (TPSA) is 44.0 Å². The molecule has 0 fully saturated rings. The van der Waals surface area contributed by atoms with Crippen molar-refractivity contribution in [3.8, 4) is 11.4 Å². The maximum Gasteiger partial charge on any atom is 0.194 e.